The second-order valence-electron chi connectivity index (χ2n) is 6.65. The topological polar surface area (TPSA) is 59.7 Å². The molecule has 4 heteroatoms. The largest absolute Gasteiger partial charge is 0.468 e. The fraction of sp³-hybridized carbons (Fsp3) is 0.688. The maximum absolute atomic E-state index is 12.9. The van der Waals surface area contributed by atoms with Crippen molar-refractivity contribution in [2.45, 2.75) is 45.3 Å². The molecule has 5 atom stereocenters. The Kier molecular flexibility index (Phi) is 3.07. The Morgan fingerprint density at radius 3 is 2.85 bits per heavy atom. The molecule has 0 bridgehead atoms. The molecule has 1 saturated carbocycles. The summed E-state index contributed by atoms with van der Waals surface area (Å²) >= 11 is 0. The minimum Gasteiger partial charge on any atom is -0.468 e. The predicted molar refractivity (Wildman–Crippen MR) is 73.7 cm³/mol. The lowest BCUT2D eigenvalue weighted by Crippen LogP contribution is -2.45. The molecule has 2 aliphatic rings. The number of hydrogen-bond donors (Lipinski definition) is 1. The number of fused-ring (bicyclic) bond motifs is 2. The Morgan fingerprint density at radius 2 is 2.20 bits per heavy atom. The quantitative estimate of drug-likeness (QED) is 0.856. The Morgan fingerprint density at radius 1 is 1.50 bits per heavy atom. The Bertz CT molecular complexity index is 543. The third-order valence-electron chi connectivity index (χ3n) is 5.14. The fourth-order valence-electron chi connectivity index (χ4n) is 4.27. The summed E-state index contributed by atoms with van der Waals surface area (Å²) in [5.41, 5.74) is 0.567. The molecule has 1 fully saturated rings. The Labute approximate surface area is 119 Å². The molecule has 0 radical (unpaired) electrons. The zero-order valence-electron chi connectivity index (χ0n) is 12.5. The SMILES string of the molecule is CO[C@H]1C[C@H](C)[C@H]2C(=O)c3c(C)coc3C[C@@](C)(O)[C@@H]21. The first-order valence-corrected chi connectivity index (χ1v) is 7.23. The number of aryl methyl sites for hydroxylation is 1. The highest BCUT2D eigenvalue weighted by atomic mass is 16.5. The summed E-state index contributed by atoms with van der Waals surface area (Å²) in [5, 5.41) is 10.9. The van der Waals surface area contributed by atoms with Crippen molar-refractivity contribution in [1.29, 1.82) is 0 Å². The van der Waals surface area contributed by atoms with E-state index >= 15 is 0 Å². The van der Waals surface area contributed by atoms with Gasteiger partial charge >= 0.3 is 0 Å². The van der Waals surface area contributed by atoms with Crippen LogP contribution in [0.25, 0.3) is 0 Å². The molecule has 1 N–H and O–H groups in total. The van der Waals surface area contributed by atoms with Crippen LogP contribution < -0.4 is 0 Å². The zero-order chi connectivity index (χ0) is 14.7. The van der Waals surface area contributed by atoms with E-state index in [1.54, 1.807) is 20.3 Å². The normalized spacial score (nSPS) is 40.4. The van der Waals surface area contributed by atoms with Crippen LogP contribution in [0.15, 0.2) is 10.7 Å². The molecule has 0 aromatic carbocycles. The molecule has 1 heterocycles. The maximum atomic E-state index is 12.9. The summed E-state index contributed by atoms with van der Waals surface area (Å²) in [6.45, 7) is 5.77. The Balaban J connectivity index is 2.14. The lowest BCUT2D eigenvalue weighted by molar-refractivity contribution is -0.0703. The van der Waals surface area contributed by atoms with Gasteiger partial charge in [0.15, 0.2) is 5.78 Å². The highest BCUT2D eigenvalue weighted by molar-refractivity contribution is 6.01. The van der Waals surface area contributed by atoms with Crippen LogP contribution in [0.3, 0.4) is 0 Å². The number of Topliss-reactive ketones (excluding diaryl/α,β-unsaturated/α-hetero) is 1. The summed E-state index contributed by atoms with van der Waals surface area (Å²) in [7, 11) is 1.66. The lowest BCUT2D eigenvalue weighted by atomic mass is 9.76. The highest BCUT2D eigenvalue weighted by Crippen LogP contribution is 2.49. The van der Waals surface area contributed by atoms with Gasteiger partial charge in [0, 0.05) is 25.4 Å². The van der Waals surface area contributed by atoms with Gasteiger partial charge in [0.05, 0.1) is 23.5 Å². The summed E-state index contributed by atoms with van der Waals surface area (Å²) in [5.74, 6) is 0.587. The summed E-state index contributed by atoms with van der Waals surface area (Å²) in [6.07, 6.45) is 2.74. The van der Waals surface area contributed by atoms with Gasteiger partial charge in [-0.3, -0.25) is 4.79 Å². The van der Waals surface area contributed by atoms with Gasteiger partial charge < -0.3 is 14.3 Å². The molecule has 0 saturated heterocycles. The van der Waals surface area contributed by atoms with Crippen LogP contribution in [-0.2, 0) is 11.2 Å². The molecule has 2 aliphatic carbocycles. The molecule has 4 nitrogen and oxygen atoms in total. The van der Waals surface area contributed by atoms with Crippen molar-refractivity contribution in [3.8, 4) is 0 Å². The number of rotatable bonds is 1. The van der Waals surface area contributed by atoms with E-state index in [1.165, 1.54) is 0 Å². The minimum absolute atomic E-state index is 0.0711. The second kappa shape index (κ2) is 4.43. The van der Waals surface area contributed by atoms with Crippen molar-refractivity contribution in [1.82, 2.24) is 0 Å². The van der Waals surface area contributed by atoms with E-state index in [2.05, 4.69) is 6.92 Å². The van der Waals surface area contributed by atoms with E-state index in [9.17, 15) is 9.90 Å². The number of carbonyl (C=O) groups is 1. The van der Waals surface area contributed by atoms with E-state index in [0.717, 1.165) is 12.0 Å². The van der Waals surface area contributed by atoms with Gasteiger partial charge in [0.25, 0.3) is 0 Å². The van der Waals surface area contributed by atoms with E-state index in [1.807, 2.05) is 6.92 Å². The molecule has 0 amide bonds. The molecular formula is C16H22O4. The van der Waals surface area contributed by atoms with Crippen LogP contribution >= 0.6 is 0 Å². The first-order chi connectivity index (χ1) is 9.36. The minimum atomic E-state index is -0.985. The maximum Gasteiger partial charge on any atom is 0.170 e. The van der Waals surface area contributed by atoms with Gasteiger partial charge in [-0.05, 0) is 31.7 Å². The van der Waals surface area contributed by atoms with E-state index < -0.39 is 5.60 Å². The number of furan rings is 1. The van der Waals surface area contributed by atoms with Crippen molar-refractivity contribution < 1.29 is 19.1 Å². The molecule has 0 spiro atoms. The van der Waals surface area contributed by atoms with E-state index in [4.69, 9.17) is 9.15 Å². The molecule has 20 heavy (non-hydrogen) atoms. The summed E-state index contributed by atoms with van der Waals surface area (Å²) < 4.78 is 11.1. The van der Waals surface area contributed by atoms with Gasteiger partial charge in [-0.15, -0.1) is 0 Å². The lowest BCUT2D eigenvalue weighted by Gasteiger charge is -2.35. The van der Waals surface area contributed by atoms with Crippen LogP contribution in [0, 0.1) is 24.7 Å². The molecule has 0 aliphatic heterocycles. The van der Waals surface area contributed by atoms with Crippen LogP contribution in [0.4, 0.5) is 0 Å². The third-order valence-corrected chi connectivity index (χ3v) is 5.14. The summed E-state index contributed by atoms with van der Waals surface area (Å²) in [6, 6.07) is 0. The van der Waals surface area contributed by atoms with Crippen LogP contribution in [0.5, 0.6) is 0 Å². The molecule has 0 unspecified atom stereocenters. The average molecular weight is 278 g/mol. The summed E-state index contributed by atoms with van der Waals surface area (Å²) in [4.78, 5) is 12.9. The Hall–Kier alpha value is -1.13. The number of ether oxygens (including phenoxy) is 1. The zero-order valence-corrected chi connectivity index (χ0v) is 12.5. The standard InChI is InChI=1S/C16H22O4/c1-8-5-10(19-4)14-13(8)15(17)12-9(2)7-20-11(12)6-16(14,3)18/h7-8,10,13-14,18H,5-6H2,1-4H3/t8-,10-,13+,14+,16+/m0/s1. The van der Waals surface area contributed by atoms with Gasteiger partial charge in [-0.25, -0.2) is 0 Å². The number of hydrogen-bond acceptors (Lipinski definition) is 4. The van der Waals surface area contributed by atoms with Crippen molar-refractivity contribution in [2.24, 2.45) is 17.8 Å². The predicted octanol–water partition coefficient (Wildman–Crippen LogP) is 2.37. The van der Waals surface area contributed by atoms with Crippen molar-refractivity contribution in [2.75, 3.05) is 7.11 Å². The van der Waals surface area contributed by atoms with Crippen molar-refractivity contribution in [3.05, 3.63) is 23.2 Å². The smallest absolute Gasteiger partial charge is 0.170 e. The number of aliphatic hydroxyl groups is 1. The number of carbonyl (C=O) groups excluding carboxylic acids is 1. The first-order valence-electron chi connectivity index (χ1n) is 7.23. The van der Waals surface area contributed by atoms with Crippen LogP contribution in [0.1, 0.15) is 41.9 Å². The van der Waals surface area contributed by atoms with Gasteiger partial charge in [0.2, 0.25) is 0 Å². The first kappa shape index (κ1) is 13.8. The highest BCUT2D eigenvalue weighted by Gasteiger charge is 2.56. The van der Waals surface area contributed by atoms with E-state index in [-0.39, 0.29) is 29.6 Å². The molecule has 1 aromatic heterocycles. The van der Waals surface area contributed by atoms with Gasteiger partial charge in [0.1, 0.15) is 5.76 Å². The van der Waals surface area contributed by atoms with Crippen LogP contribution in [0.2, 0.25) is 0 Å². The monoisotopic (exact) mass is 278 g/mol. The molecular weight excluding hydrogens is 256 g/mol. The number of ketones is 1. The third kappa shape index (κ3) is 1.78. The van der Waals surface area contributed by atoms with Crippen molar-refractivity contribution in [3.63, 3.8) is 0 Å². The van der Waals surface area contributed by atoms with Crippen molar-refractivity contribution >= 4 is 5.78 Å². The second-order valence-corrected chi connectivity index (χ2v) is 6.65. The average Bonchev–Trinajstić information content (AvgIpc) is 2.86. The van der Waals surface area contributed by atoms with Gasteiger partial charge in [-0.1, -0.05) is 6.92 Å². The van der Waals surface area contributed by atoms with E-state index in [0.29, 0.717) is 17.7 Å². The fourth-order valence-corrected chi connectivity index (χ4v) is 4.27. The molecule has 1 aromatic rings. The van der Waals surface area contributed by atoms with Crippen LogP contribution in [-0.4, -0.2) is 29.7 Å². The number of methoxy groups -OCH3 is 1. The molecule has 110 valence electrons. The molecule has 3 rings (SSSR count). The van der Waals surface area contributed by atoms with Gasteiger partial charge in [-0.2, -0.15) is 0 Å².